The molecule has 0 saturated carbocycles. The van der Waals surface area contributed by atoms with Crippen LogP contribution in [-0.4, -0.2) is 38.4 Å². The van der Waals surface area contributed by atoms with Crippen molar-refractivity contribution in [2.75, 3.05) is 11.9 Å². The summed E-state index contributed by atoms with van der Waals surface area (Å²) in [5, 5.41) is 18.1. The second-order valence-electron chi connectivity index (χ2n) is 4.36. The number of aryl methyl sites for hydroxylation is 1. The largest absolute Gasteiger partial charge is 0.476 e. The Bertz CT molecular complexity index is 653. The van der Waals surface area contributed by atoms with Crippen molar-refractivity contribution >= 4 is 17.7 Å². The van der Waals surface area contributed by atoms with E-state index in [4.69, 9.17) is 5.11 Å². The molecule has 0 bridgehead atoms. The van der Waals surface area contributed by atoms with Gasteiger partial charge in [0.2, 0.25) is 0 Å². The maximum absolute atomic E-state index is 11.7. The first-order valence-electron chi connectivity index (χ1n) is 6.27. The molecule has 8 nitrogen and oxygen atoms in total. The maximum atomic E-state index is 11.7. The zero-order valence-corrected chi connectivity index (χ0v) is 11.4. The average molecular weight is 289 g/mol. The lowest BCUT2D eigenvalue weighted by molar-refractivity contribution is 0.0691. The topological polar surface area (TPSA) is 109 Å². The number of nitrogens with one attached hydrogen (secondary N) is 2. The molecule has 0 atom stereocenters. The molecule has 2 rings (SSSR count). The molecule has 2 amide bonds. The number of hydrogen-bond donors (Lipinski definition) is 3. The van der Waals surface area contributed by atoms with Gasteiger partial charge in [0.15, 0.2) is 5.69 Å². The standard InChI is InChI=1S/C13H15N5O3/c1-18-8-9(7-16-18)4-6-15-13(21)17-10-3-2-5-14-11(10)12(19)20/h2-3,5,7-8H,4,6H2,1H3,(H,19,20)(H2,15,17,21). The van der Waals surface area contributed by atoms with Gasteiger partial charge >= 0.3 is 12.0 Å². The number of anilines is 1. The van der Waals surface area contributed by atoms with Crippen LogP contribution in [0.25, 0.3) is 0 Å². The summed E-state index contributed by atoms with van der Waals surface area (Å²) in [5.74, 6) is -1.19. The fourth-order valence-corrected chi connectivity index (χ4v) is 1.76. The number of hydrogen-bond acceptors (Lipinski definition) is 4. The van der Waals surface area contributed by atoms with Gasteiger partial charge in [-0.3, -0.25) is 4.68 Å². The summed E-state index contributed by atoms with van der Waals surface area (Å²) < 4.78 is 1.68. The third-order valence-corrected chi connectivity index (χ3v) is 2.72. The van der Waals surface area contributed by atoms with Gasteiger partial charge in [-0.1, -0.05) is 0 Å². The van der Waals surface area contributed by atoms with Crippen LogP contribution in [-0.2, 0) is 13.5 Å². The van der Waals surface area contributed by atoms with E-state index in [9.17, 15) is 9.59 Å². The number of urea groups is 1. The predicted octanol–water partition coefficient (Wildman–Crippen LogP) is 0.877. The lowest BCUT2D eigenvalue weighted by Gasteiger charge is -2.08. The summed E-state index contributed by atoms with van der Waals surface area (Å²) in [6, 6.07) is 2.56. The predicted molar refractivity (Wildman–Crippen MR) is 75.1 cm³/mol. The Balaban J connectivity index is 1.86. The Kier molecular flexibility index (Phi) is 4.50. The van der Waals surface area contributed by atoms with Crippen molar-refractivity contribution in [3.63, 3.8) is 0 Å². The summed E-state index contributed by atoms with van der Waals surface area (Å²) in [4.78, 5) is 26.4. The highest BCUT2D eigenvalue weighted by Gasteiger charge is 2.12. The smallest absolute Gasteiger partial charge is 0.356 e. The van der Waals surface area contributed by atoms with Crippen LogP contribution in [0.15, 0.2) is 30.7 Å². The minimum absolute atomic E-state index is 0.156. The van der Waals surface area contributed by atoms with Crippen molar-refractivity contribution in [2.45, 2.75) is 6.42 Å². The quantitative estimate of drug-likeness (QED) is 0.757. The molecule has 0 aliphatic rings. The summed E-state index contributed by atoms with van der Waals surface area (Å²) in [5.41, 5.74) is 0.967. The van der Waals surface area contributed by atoms with E-state index in [0.29, 0.717) is 13.0 Å². The third-order valence-electron chi connectivity index (χ3n) is 2.72. The van der Waals surface area contributed by atoms with Crippen LogP contribution >= 0.6 is 0 Å². The molecule has 110 valence electrons. The Morgan fingerprint density at radius 2 is 2.24 bits per heavy atom. The molecule has 0 aliphatic carbocycles. The van der Waals surface area contributed by atoms with Crippen LogP contribution in [0.4, 0.5) is 10.5 Å². The lowest BCUT2D eigenvalue weighted by Crippen LogP contribution is -2.31. The number of aromatic nitrogens is 3. The number of amides is 2. The van der Waals surface area contributed by atoms with E-state index < -0.39 is 12.0 Å². The zero-order valence-electron chi connectivity index (χ0n) is 11.4. The number of nitrogens with zero attached hydrogens (tertiary/aromatic N) is 3. The van der Waals surface area contributed by atoms with E-state index in [1.54, 1.807) is 16.9 Å². The van der Waals surface area contributed by atoms with Crippen LogP contribution in [0, 0.1) is 0 Å². The van der Waals surface area contributed by atoms with Gasteiger partial charge in [-0.05, 0) is 24.1 Å². The van der Waals surface area contributed by atoms with E-state index in [1.165, 1.54) is 12.3 Å². The van der Waals surface area contributed by atoms with Gasteiger partial charge in [0.05, 0.1) is 11.9 Å². The molecule has 0 saturated heterocycles. The number of aromatic carboxylic acids is 1. The fourth-order valence-electron chi connectivity index (χ4n) is 1.76. The molecule has 0 spiro atoms. The van der Waals surface area contributed by atoms with Crippen LogP contribution in [0.3, 0.4) is 0 Å². The number of carboxylic acid groups (broad SMARTS) is 1. The molecule has 8 heteroatoms. The first kappa shape index (κ1) is 14.5. The molecule has 0 fully saturated rings. The fraction of sp³-hybridized carbons (Fsp3) is 0.231. The van der Waals surface area contributed by atoms with Gasteiger partial charge in [-0.15, -0.1) is 0 Å². The van der Waals surface area contributed by atoms with Gasteiger partial charge in [0, 0.05) is 26.0 Å². The molecule has 2 heterocycles. The van der Waals surface area contributed by atoms with E-state index in [2.05, 4.69) is 20.7 Å². The van der Waals surface area contributed by atoms with Gasteiger partial charge in [0.25, 0.3) is 0 Å². The van der Waals surface area contributed by atoms with Gasteiger partial charge < -0.3 is 15.7 Å². The van der Waals surface area contributed by atoms with Crippen LogP contribution in [0.1, 0.15) is 16.1 Å². The highest BCUT2D eigenvalue weighted by Crippen LogP contribution is 2.11. The Hall–Kier alpha value is -2.90. The van der Waals surface area contributed by atoms with E-state index >= 15 is 0 Å². The normalized spacial score (nSPS) is 10.1. The second kappa shape index (κ2) is 6.51. The summed E-state index contributed by atoms with van der Waals surface area (Å²) in [6.45, 7) is 0.417. The zero-order chi connectivity index (χ0) is 15.2. The minimum atomic E-state index is -1.19. The first-order valence-corrected chi connectivity index (χ1v) is 6.27. The molecule has 2 aromatic heterocycles. The summed E-state index contributed by atoms with van der Waals surface area (Å²) in [6.07, 6.45) is 5.58. The molecule has 0 aliphatic heterocycles. The second-order valence-corrected chi connectivity index (χ2v) is 4.36. The minimum Gasteiger partial charge on any atom is -0.476 e. The van der Waals surface area contributed by atoms with E-state index in [-0.39, 0.29) is 11.4 Å². The summed E-state index contributed by atoms with van der Waals surface area (Å²) in [7, 11) is 1.82. The molecule has 2 aromatic rings. The number of rotatable bonds is 5. The van der Waals surface area contributed by atoms with Gasteiger partial charge in [-0.25, -0.2) is 14.6 Å². The Labute approximate surface area is 120 Å². The number of carbonyl (C=O) groups excluding carboxylic acids is 1. The molecular formula is C13H15N5O3. The average Bonchev–Trinajstić information content (AvgIpc) is 2.85. The molecule has 0 aromatic carbocycles. The van der Waals surface area contributed by atoms with E-state index in [0.717, 1.165) is 5.56 Å². The van der Waals surface area contributed by atoms with Gasteiger partial charge in [0.1, 0.15) is 0 Å². The van der Waals surface area contributed by atoms with Crippen molar-refractivity contribution in [2.24, 2.45) is 7.05 Å². The summed E-state index contributed by atoms with van der Waals surface area (Å²) >= 11 is 0. The van der Waals surface area contributed by atoms with Crippen molar-refractivity contribution < 1.29 is 14.7 Å². The monoisotopic (exact) mass is 289 g/mol. The maximum Gasteiger partial charge on any atom is 0.356 e. The van der Waals surface area contributed by atoms with Gasteiger partial charge in [-0.2, -0.15) is 5.10 Å². The Morgan fingerprint density at radius 3 is 2.90 bits per heavy atom. The number of carboxylic acids is 1. The highest BCUT2D eigenvalue weighted by molar-refractivity contribution is 5.98. The third kappa shape index (κ3) is 4.03. The van der Waals surface area contributed by atoms with Crippen LogP contribution < -0.4 is 10.6 Å². The van der Waals surface area contributed by atoms with Crippen LogP contribution in [0.2, 0.25) is 0 Å². The van der Waals surface area contributed by atoms with Crippen LogP contribution in [0.5, 0.6) is 0 Å². The van der Waals surface area contributed by atoms with Crippen molar-refractivity contribution in [3.8, 4) is 0 Å². The lowest BCUT2D eigenvalue weighted by atomic mass is 10.2. The Morgan fingerprint density at radius 1 is 1.43 bits per heavy atom. The molecular weight excluding hydrogens is 274 g/mol. The molecule has 3 N–H and O–H groups in total. The molecule has 0 radical (unpaired) electrons. The van der Waals surface area contributed by atoms with Crippen molar-refractivity contribution in [3.05, 3.63) is 42.0 Å². The molecule has 0 unspecified atom stereocenters. The SMILES string of the molecule is Cn1cc(CCNC(=O)Nc2cccnc2C(=O)O)cn1. The van der Waals surface area contributed by atoms with E-state index in [1.807, 2.05) is 13.2 Å². The van der Waals surface area contributed by atoms with Crippen molar-refractivity contribution in [1.82, 2.24) is 20.1 Å². The molecule has 21 heavy (non-hydrogen) atoms. The highest BCUT2D eigenvalue weighted by atomic mass is 16.4. The number of carbonyl (C=O) groups is 2. The van der Waals surface area contributed by atoms with Crippen molar-refractivity contribution in [1.29, 1.82) is 0 Å². The number of pyridine rings is 1. The first-order chi connectivity index (χ1) is 10.1.